The SMILES string of the molecule is O=C(NCc1ccc(F)cc1F)C1=CN2NCNCC2C=C1. The third-order valence-electron chi connectivity index (χ3n) is 3.59. The van der Waals surface area contributed by atoms with E-state index in [0.717, 1.165) is 12.6 Å². The number of rotatable bonds is 3. The quantitative estimate of drug-likeness (QED) is 0.772. The number of fused-ring (bicyclic) bond motifs is 1. The van der Waals surface area contributed by atoms with Crippen LogP contribution in [0.5, 0.6) is 0 Å². The van der Waals surface area contributed by atoms with E-state index in [9.17, 15) is 13.6 Å². The minimum Gasteiger partial charge on any atom is -0.348 e. The van der Waals surface area contributed by atoms with Gasteiger partial charge in [-0.1, -0.05) is 12.1 Å². The van der Waals surface area contributed by atoms with Crippen LogP contribution >= 0.6 is 0 Å². The molecule has 1 fully saturated rings. The molecule has 5 nitrogen and oxygen atoms in total. The minimum absolute atomic E-state index is 0.00847. The van der Waals surface area contributed by atoms with Crippen LogP contribution < -0.4 is 16.1 Å². The molecule has 22 heavy (non-hydrogen) atoms. The van der Waals surface area contributed by atoms with E-state index in [0.29, 0.717) is 12.2 Å². The number of benzene rings is 1. The van der Waals surface area contributed by atoms with E-state index in [2.05, 4.69) is 16.1 Å². The zero-order valence-electron chi connectivity index (χ0n) is 11.8. The summed E-state index contributed by atoms with van der Waals surface area (Å²) in [7, 11) is 0. The van der Waals surface area contributed by atoms with Gasteiger partial charge in [0.25, 0.3) is 5.91 Å². The maximum Gasteiger partial charge on any atom is 0.253 e. The Bertz CT molecular complexity index is 644. The number of nitrogens with zero attached hydrogens (tertiary/aromatic N) is 1. The Morgan fingerprint density at radius 1 is 1.41 bits per heavy atom. The zero-order chi connectivity index (χ0) is 15.5. The van der Waals surface area contributed by atoms with Crippen molar-refractivity contribution in [2.45, 2.75) is 12.6 Å². The number of nitrogens with one attached hydrogen (secondary N) is 3. The number of amides is 1. The average molecular weight is 306 g/mol. The summed E-state index contributed by atoms with van der Waals surface area (Å²) < 4.78 is 26.4. The minimum atomic E-state index is -0.669. The third-order valence-corrected chi connectivity index (χ3v) is 3.59. The van der Waals surface area contributed by atoms with Gasteiger partial charge in [-0.15, -0.1) is 0 Å². The van der Waals surface area contributed by atoms with Gasteiger partial charge in [-0.25, -0.2) is 14.2 Å². The molecule has 7 heteroatoms. The van der Waals surface area contributed by atoms with Crippen molar-refractivity contribution in [3.8, 4) is 0 Å². The van der Waals surface area contributed by atoms with E-state index in [4.69, 9.17) is 0 Å². The summed E-state index contributed by atoms with van der Waals surface area (Å²) in [6.07, 6.45) is 5.39. The second-order valence-corrected chi connectivity index (χ2v) is 5.13. The molecule has 0 radical (unpaired) electrons. The maximum absolute atomic E-state index is 13.5. The van der Waals surface area contributed by atoms with Crippen molar-refractivity contribution in [2.75, 3.05) is 13.2 Å². The summed E-state index contributed by atoms with van der Waals surface area (Å²) in [5.74, 6) is -1.61. The molecule has 0 aliphatic carbocycles. The Labute approximate surface area is 126 Å². The zero-order valence-corrected chi connectivity index (χ0v) is 11.8. The van der Waals surface area contributed by atoms with Gasteiger partial charge in [-0.05, 0) is 12.1 Å². The molecule has 3 N–H and O–H groups in total. The van der Waals surface area contributed by atoms with Crippen LogP contribution in [0.25, 0.3) is 0 Å². The highest BCUT2D eigenvalue weighted by atomic mass is 19.1. The molecule has 116 valence electrons. The molecular formula is C15H16F2N4O. The topological polar surface area (TPSA) is 56.4 Å². The lowest BCUT2D eigenvalue weighted by Crippen LogP contribution is -2.56. The molecule has 1 atom stereocenters. The summed E-state index contributed by atoms with van der Waals surface area (Å²) in [5, 5.41) is 7.68. The highest BCUT2D eigenvalue weighted by Crippen LogP contribution is 2.14. The summed E-state index contributed by atoms with van der Waals surface area (Å²) in [4.78, 5) is 12.1. The van der Waals surface area contributed by atoms with E-state index in [1.807, 2.05) is 11.1 Å². The monoisotopic (exact) mass is 306 g/mol. The van der Waals surface area contributed by atoms with E-state index in [1.165, 1.54) is 12.1 Å². The lowest BCUT2D eigenvalue weighted by atomic mass is 10.1. The fourth-order valence-corrected chi connectivity index (χ4v) is 2.37. The van der Waals surface area contributed by atoms with E-state index in [-0.39, 0.29) is 24.1 Å². The van der Waals surface area contributed by atoms with E-state index < -0.39 is 11.6 Å². The highest BCUT2D eigenvalue weighted by molar-refractivity contribution is 5.96. The van der Waals surface area contributed by atoms with Gasteiger partial charge >= 0.3 is 0 Å². The second-order valence-electron chi connectivity index (χ2n) is 5.13. The molecule has 1 saturated heterocycles. The van der Waals surface area contributed by atoms with Crippen LogP contribution in [0.2, 0.25) is 0 Å². The second kappa shape index (κ2) is 6.25. The first-order chi connectivity index (χ1) is 10.6. The molecule has 1 aromatic carbocycles. The summed E-state index contributed by atoms with van der Waals surface area (Å²) in [5.41, 5.74) is 3.83. The predicted molar refractivity (Wildman–Crippen MR) is 77.1 cm³/mol. The molecule has 3 rings (SSSR count). The van der Waals surface area contributed by atoms with Gasteiger partial charge in [-0.3, -0.25) is 4.79 Å². The van der Waals surface area contributed by atoms with Crippen molar-refractivity contribution in [1.82, 2.24) is 21.1 Å². The fourth-order valence-electron chi connectivity index (χ4n) is 2.37. The van der Waals surface area contributed by atoms with Gasteiger partial charge in [-0.2, -0.15) is 0 Å². The summed E-state index contributed by atoms with van der Waals surface area (Å²) >= 11 is 0. The van der Waals surface area contributed by atoms with Crippen molar-refractivity contribution in [3.05, 3.63) is 59.3 Å². The first-order valence-corrected chi connectivity index (χ1v) is 6.98. The Hall–Kier alpha value is -2.25. The summed E-state index contributed by atoms with van der Waals surface area (Å²) in [6, 6.07) is 3.46. The molecule has 2 heterocycles. The largest absolute Gasteiger partial charge is 0.348 e. The van der Waals surface area contributed by atoms with Gasteiger partial charge in [0, 0.05) is 30.9 Å². The molecule has 1 aromatic rings. The van der Waals surface area contributed by atoms with E-state index >= 15 is 0 Å². The third kappa shape index (κ3) is 3.15. The number of halogens is 2. The lowest BCUT2D eigenvalue weighted by molar-refractivity contribution is -0.117. The van der Waals surface area contributed by atoms with Gasteiger partial charge in [0.05, 0.1) is 18.3 Å². The first kappa shape index (κ1) is 14.7. The number of hydrazine groups is 1. The molecular weight excluding hydrogens is 290 g/mol. The van der Waals surface area contributed by atoms with Crippen molar-refractivity contribution in [2.24, 2.45) is 0 Å². The molecule has 1 unspecified atom stereocenters. The van der Waals surface area contributed by atoms with Gasteiger partial charge in [0.1, 0.15) is 11.6 Å². The first-order valence-electron chi connectivity index (χ1n) is 6.98. The van der Waals surface area contributed by atoms with Crippen LogP contribution in [0, 0.1) is 11.6 Å². The number of hydrogen-bond acceptors (Lipinski definition) is 4. The van der Waals surface area contributed by atoms with Gasteiger partial charge in [0.15, 0.2) is 0 Å². The fraction of sp³-hybridized carbons (Fsp3) is 0.267. The Morgan fingerprint density at radius 2 is 2.27 bits per heavy atom. The maximum atomic E-state index is 13.5. The standard InChI is InChI=1S/C15H16F2N4O/c16-12-3-1-10(14(17)5-12)6-19-15(22)11-2-4-13-7-18-9-20-21(13)8-11/h1-5,8,13,18,20H,6-7,9H2,(H,19,22). The number of carbonyl (C=O) groups is 1. The molecule has 0 bridgehead atoms. The molecule has 0 aromatic heterocycles. The highest BCUT2D eigenvalue weighted by Gasteiger charge is 2.22. The van der Waals surface area contributed by atoms with Crippen LogP contribution in [0.3, 0.4) is 0 Å². The van der Waals surface area contributed by atoms with Crippen molar-refractivity contribution in [3.63, 3.8) is 0 Å². The Kier molecular flexibility index (Phi) is 4.17. The van der Waals surface area contributed by atoms with Crippen molar-refractivity contribution in [1.29, 1.82) is 0 Å². The van der Waals surface area contributed by atoms with Crippen LogP contribution in [0.4, 0.5) is 8.78 Å². The Morgan fingerprint density at radius 3 is 3.09 bits per heavy atom. The average Bonchev–Trinajstić information content (AvgIpc) is 2.53. The Balaban J connectivity index is 1.62. The molecule has 2 aliphatic rings. The van der Waals surface area contributed by atoms with Crippen molar-refractivity contribution < 1.29 is 13.6 Å². The predicted octanol–water partition coefficient (Wildman–Crippen LogP) is 0.771. The lowest BCUT2D eigenvalue weighted by Gasteiger charge is -2.36. The summed E-state index contributed by atoms with van der Waals surface area (Å²) in [6.45, 7) is 1.45. The number of hydrogen-bond donors (Lipinski definition) is 3. The van der Waals surface area contributed by atoms with Crippen LogP contribution in [0.15, 0.2) is 42.1 Å². The molecule has 2 aliphatic heterocycles. The molecule has 0 saturated carbocycles. The van der Waals surface area contributed by atoms with Gasteiger partial charge < -0.3 is 15.6 Å². The van der Waals surface area contributed by atoms with Crippen LogP contribution in [-0.2, 0) is 11.3 Å². The van der Waals surface area contributed by atoms with Crippen LogP contribution in [0.1, 0.15) is 5.56 Å². The van der Waals surface area contributed by atoms with E-state index in [1.54, 1.807) is 12.3 Å². The smallest absolute Gasteiger partial charge is 0.253 e. The molecule has 1 amide bonds. The number of carbonyl (C=O) groups excluding carboxylic acids is 1. The van der Waals surface area contributed by atoms with Crippen molar-refractivity contribution >= 4 is 5.91 Å². The molecule has 0 spiro atoms. The van der Waals surface area contributed by atoms with Gasteiger partial charge in [0.2, 0.25) is 0 Å². The van der Waals surface area contributed by atoms with Crippen LogP contribution in [-0.4, -0.2) is 30.2 Å². The normalized spacial score (nSPS) is 20.4.